The maximum Gasteiger partial charge on any atom is 0.282 e. The summed E-state index contributed by atoms with van der Waals surface area (Å²) in [6, 6.07) is 3.69. The zero-order valence-electron chi connectivity index (χ0n) is 13.5. The summed E-state index contributed by atoms with van der Waals surface area (Å²) in [5.41, 5.74) is 0. The van der Waals surface area contributed by atoms with E-state index in [0.29, 0.717) is 31.5 Å². The van der Waals surface area contributed by atoms with Gasteiger partial charge in [0.15, 0.2) is 0 Å². The van der Waals surface area contributed by atoms with Crippen molar-refractivity contribution in [3.8, 4) is 0 Å². The van der Waals surface area contributed by atoms with Crippen LogP contribution in [0.2, 0.25) is 0 Å². The van der Waals surface area contributed by atoms with E-state index >= 15 is 0 Å². The minimum atomic E-state index is -3.41. The molecule has 0 bridgehead atoms. The molecule has 0 unspecified atom stereocenters. The van der Waals surface area contributed by atoms with Gasteiger partial charge in [0, 0.05) is 19.6 Å². The Hall–Kier alpha value is -1.11. The van der Waals surface area contributed by atoms with E-state index in [9.17, 15) is 8.42 Å². The van der Waals surface area contributed by atoms with Gasteiger partial charge in [-0.1, -0.05) is 12.2 Å². The first kappa shape index (κ1) is 15.4. The van der Waals surface area contributed by atoms with Crippen molar-refractivity contribution in [1.82, 2.24) is 8.61 Å². The van der Waals surface area contributed by atoms with Crippen LogP contribution in [0.3, 0.4) is 0 Å². The van der Waals surface area contributed by atoms with Gasteiger partial charge in [-0.25, -0.2) is 0 Å². The summed E-state index contributed by atoms with van der Waals surface area (Å²) in [6.07, 6.45) is 8.15. The van der Waals surface area contributed by atoms with Crippen molar-refractivity contribution in [3.63, 3.8) is 0 Å². The lowest BCUT2D eigenvalue weighted by Gasteiger charge is -2.27. The highest BCUT2D eigenvalue weighted by molar-refractivity contribution is 7.86. The maximum atomic E-state index is 13.2. The molecule has 0 N–H and O–H groups in total. The second-order valence-corrected chi connectivity index (χ2v) is 8.89. The molecular weight excluding hydrogens is 312 g/mol. The second-order valence-electron chi connectivity index (χ2n) is 7.00. The van der Waals surface area contributed by atoms with Crippen LogP contribution in [0, 0.1) is 18.8 Å². The zero-order chi connectivity index (χ0) is 16.0. The molecule has 4 rings (SSSR count). The molecule has 0 amide bonds. The van der Waals surface area contributed by atoms with E-state index in [4.69, 9.17) is 4.42 Å². The van der Waals surface area contributed by atoms with Crippen LogP contribution >= 0.6 is 0 Å². The molecule has 1 aromatic heterocycles. The average Bonchev–Trinajstić information content (AvgIpc) is 3.25. The summed E-state index contributed by atoms with van der Waals surface area (Å²) in [4.78, 5) is 0. The number of allylic oxidation sites excluding steroid dienone is 2. The second kappa shape index (κ2) is 5.76. The monoisotopic (exact) mass is 336 g/mol. The first-order chi connectivity index (χ1) is 11.1. The molecule has 23 heavy (non-hydrogen) atoms. The van der Waals surface area contributed by atoms with E-state index in [2.05, 4.69) is 12.2 Å². The van der Waals surface area contributed by atoms with Gasteiger partial charge < -0.3 is 4.42 Å². The van der Waals surface area contributed by atoms with Gasteiger partial charge in [-0.3, -0.25) is 0 Å². The van der Waals surface area contributed by atoms with Crippen molar-refractivity contribution in [3.05, 3.63) is 35.8 Å². The Morgan fingerprint density at radius 3 is 2.43 bits per heavy atom. The molecule has 2 saturated heterocycles. The predicted molar refractivity (Wildman–Crippen MR) is 88.0 cm³/mol. The van der Waals surface area contributed by atoms with Crippen LogP contribution in [-0.4, -0.2) is 36.7 Å². The van der Waals surface area contributed by atoms with Crippen molar-refractivity contribution in [2.24, 2.45) is 11.8 Å². The maximum absolute atomic E-state index is 13.2. The highest BCUT2D eigenvalue weighted by atomic mass is 32.2. The van der Waals surface area contributed by atoms with Gasteiger partial charge in [-0.15, -0.1) is 0 Å². The Balaban J connectivity index is 1.56. The molecule has 2 fully saturated rings. The third kappa shape index (κ3) is 2.66. The molecule has 3 heterocycles. The number of furan rings is 1. The summed E-state index contributed by atoms with van der Waals surface area (Å²) >= 11 is 0. The first-order valence-electron chi connectivity index (χ1n) is 8.54. The quantitative estimate of drug-likeness (QED) is 0.798. The fourth-order valence-corrected chi connectivity index (χ4v) is 6.19. The predicted octanol–water partition coefficient (Wildman–Crippen LogP) is 2.87. The third-order valence-electron chi connectivity index (χ3n) is 5.50. The lowest BCUT2D eigenvalue weighted by molar-refractivity contribution is 0.307. The number of hydrogen-bond donors (Lipinski definition) is 0. The van der Waals surface area contributed by atoms with Crippen LogP contribution in [0.1, 0.15) is 43.2 Å². The molecule has 5 nitrogen and oxygen atoms in total. The van der Waals surface area contributed by atoms with Gasteiger partial charge >= 0.3 is 0 Å². The van der Waals surface area contributed by atoms with Gasteiger partial charge in [0.1, 0.15) is 11.5 Å². The van der Waals surface area contributed by atoms with Crippen molar-refractivity contribution < 1.29 is 12.8 Å². The van der Waals surface area contributed by atoms with Crippen LogP contribution in [0.15, 0.2) is 28.7 Å². The number of nitrogens with zero attached hydrogens (tertiary/aromatic N) is 2. The van der Waals surface area contributed by atoms with Gasteiger partial charge in [-0.2, -0.15) is 17.0 Å². The summed E-state index contributed by atoms with van der Waals surface area (Å²) in [5, 5.41) is 0. The average molecular weight is 336 g/mol. The number of hydrogen-bond acceptors (Lipinski definition) is 3. The Morgan fingerprint density at radius 2 is 1.83 bits per heavy atom. The van der Waals surface area contributed by atoms with Crippen molar-refractivity contribution in [2.45, 2.75) is 38.6 Å². The molecule has 6 heteroatoms. The number of fused-ring (bicyclic) bond motifs is 1. The largest absolute Gasteiger partial charge is 0.465 e. The Labute approximate surface area is 138 Å². The van der Waals surface area contributed by atoms with Gasteiger partial charge in [0.05, 0.1) is 6.04 Å². The number of aryl methyl sites for hydroxylation is 1. The van der Waals surface area contributed by atoms with Gasteiger partial charge in [0.25, 0.3) is 10.2 Å². The van der Waals surface area contributed by atoms with Crippen LogP contribution in [0.4, 0.5) is 0 Å². The molecule has 1 aliphatic carbocycles. The Bertz CT molecular complexity index is 693. The van der Waals surface area contributed by atoms with E-state index in [1.807, 2.05) is 19.1 Å². The standard InChI is InChI=1S/C17H24N2O3S/c1-13-8-9-17(22-13)16-7-4-10-19(16)23(20,21)18-11-14-5-2-3-6-15(14)12-18/h2-3,8-9,14-16H,4-7,10-12H2,1H3/t14-,15+,16-/m1/s1. The molecule has 3 atom stereocenters. The minimum absolute atomic E-state index is 0.144. The Kier molecular flexibility index (Phi) is 3.86. The van der Waals surface area contributed by atoms with Gasteiger partial charge in [-0.05, 0) is 56.6 Å². The normalized spacial score (nSPS) is 32.5. The number of rotatable bonds is 3. The lowest BCUT2D eigenvalue weighted by atomic mass is 9.86. The summed E-state index contributed by atoms with van der Waals surface area (Å²) in [6.45, 7) is 3.82. The van der Waals surface area contributed by atoms with Crippen LogP contribution < -0.4 is 0 Å². The van der Waals surface area contributed by atoms with E-state index in [-0.39, 0.29) is 6.04 Å². The molecule has 0 aromatic carbocycles. The zero-order valence-corrected chi connectivity index (χ0v) is 14.3. The van der Waals surface area contributed by atoms with Crippen molar-refractivity contribution in [2.75, 3.05) is 19.6 Å². The van der Waals surface area contributed by atoms with Crippen LogP contribution in [0.25, 0.3) is 0 Å². The fourth-order valence-electron chi connectivity index (χ4n) is 4.24. The molecule has 3 aliphatic rings. The molecular formula is C17H24N2O3S. The smallest absolute Gasteiger partial charge is 0.282 e. The SMILES string of the molecule is Cc1ccc([C@H]2CCCN2S(=O)(=O)N2C[C@H]3CC=CC[C@H]3C2)o1. The van der Waals surface area contributed by atoms with E-state index in [0.717, 1.165) is 37.2 Å². The topological polar surface area (TPSA) is 53.8 Å². The molecule has 2 aliphatic heterocycles. The molecule has 0 radical (unpaired) electrons. The molecule has 1 aromatic rings. The fraction of sp³-hybridized carbons (Fsp3) is 0.647. The molecule has 0 spiro atoms. The van der Waals surface area contributed by atoms with E-state index in [1.54, 1.807) is 8.61 Å². The molecule has 0 saturated carbocycles. The van der Waals surface area contributed by atoms with Gasteiger partial charge in [0.2, 0.25) is 0 Å². The molecule has 126 valence electrons. The summed E-state index contributed by atoms with van der Waals surface area (Å²) in [7, 11) is -3.41. The van der Waals surface area contributed by atoms with Crippen LogP contribution in [-0.2, 0) is 10.2 Å². The highest BCUT2D eigenvalue weighted by Gasteiger charge is 2.45. The highest BCUT2D eigenvalue weighted by Crippen LogP contribution is 2.40. The van der Waals surface area contributed by atoms with Crippen molar-refractivity contribution >= 4 is 10.2 Å². The third-order valence-corrected chi connectivity index (χ3v) is 7.48. The Morgan fingerprint density at radius 1 is 1.13 bits per heavy atom. The van der Waals surface area contributed by atoms with E-state index < -0.39 is 10.2 Å². The lowest BCUT2D eigenvalue weighted by Crippen LogP contribution is -2.42. The van der Waals surface area contributed by atoms with Crippen molar-refractivity contribution in [1.29, 1.82) is 0 Å². The van der Waals surface area contributed by atoms with E-state index in [1.165, 1.54) is 0 Å². The first-order valence-corrected chi connectivity index (χ1v) is 9.93. The summed E-state index contributed by atoms with van der Waals surface area (Å²) < 4.78 is 35.4. The van der Waals surface area contributed by atoms with Crippen LogP contribution in [0.5, 0.6) is 0 Å². The summed E-state index contributed by atoms with van der Waals surface area (Å²) in [5.74, 6) is 2.59. The minimum Gasteiger partial charge on any atom is -0.465 e.